The molecule has 0 unspecified atom stereocenters. The van der Waals surface area contributed by atoms with E-state index in [0.29, 0.717) is 29.4 Å². The van der Waals surface area contributed by atoms with Gasteiger partial charge in [0.15, 0.2) is 22.8 Å². The third-order valence-corrected chi connectivity index (χ3v) is 4.57. The summed E-state index contributed by atoms with van der Waals surface area (Å²) < 4.78 is 3.76. The number of aliphatic hydroxyl groups excluding tert-OH is 1. The van der Waals surface area contributed by atoms with Crippen LogP contribution in [0.4, 0.5) is 5.82 Å². The first-order valence-electron chi connectivity index (χ1n) is 8.76. The first-order chi connectivity index (χ1) is 13.1. The fourth-order valence-corrected chi connectivity index (χ4v) is 3.18. The minimum absolute atomic E-state index is 0.00513. The molecule has 4 aromatic rings. The van der Waals surface area contributed by atoms with E-state index in [2.05, 4.69) is 20.4 Å². The molecule has 1 aromatic carbocycles. The highest BCUT2D eigenvalue weighted by Crippen LogP contribution is 2.29. The summed E-state index contributed by atoms with van der Waals surface area (Å²) >= 11 is 0. The molecule has 0 aliphatic carbocycles. The van der Waals surface area contributed by atoms with Crippen molar-refractivity contribution in [1.29, 1.82) is 0 Å². The molecule has 0 fully saturated rings. The summed E-state index contributed by atoms with van der Waals surface area (Å²) in [5.74, 6) is 1.19. The van der Waals surface area contributed by atoms with Crippen LogP contribution >= 0.6 is 0 Å². The SMILES string of the molecule is Cc1nn(C)c(C)c1-c1nc(NCCO)c2ncn(-c3ccccc3)c2n1. The third kappa shape index (κ3) is 2.93. The maximum atomic E-state index is 9.22. The number of aliphatic hydroxyl groups is 1. The first-order valence-corrected chi connectivity index (χ1v) is 8.76. The molecular weight excluding hydrogens is 342 g/mol. The molecule has 8 nitrogen and oxygen atoms in total. The summed E-state index contributed by atoms with van der Waals surface area (Å²) in [6.07, 6.45) is 1.74. The molecule has 0 saturated heterocycles. The molecule has 3 heterocycles. The lowest BCUT2D eigenvalue weighted by Crippen LogP contribution is -2.09. The Kier molecular flexibility index (Phi) is 4.33. The Labute approximate surface area is 156 Å². The van der Waals surface area contributed by atoms with E-state index in [1.807, 2.05) is 60.5 Å². The van der Waals surface area contributed by atoms with Gasteiger partial charge in [0, 0.05) is 25.0 Å². The lowest BCUT2D eigenvalue weighted by Gasteiger charge is -2.09. The molecule has 0 radical (unpaired) electrons. The Morgan fingerprint density at radius 3 is 2.56 bits per heavy atom. The quantitative estimate of drug-likeness (QED) is 0.565. The van der Waals surface area contributed by atoms with E-state index in [-0.39, 0.29) is 6.61 Å². The average molecular weight is 363 g/mol. The molecule has 2 N–H and O–H groups in total. The molecule has 0 aliphatic heterocycles. The summed E-state index contributed by atoms with van der Waals surface area (Å²) in [4.78, 5) is 14.0. The van der Waals surface area contributed by atoms with Gasteiger partial charge in [0.1, 0.15) is 6.33 Å². The van der Waals surface area contributed by atoms with Crippen molar-refractivity contribution in [2.24, 2.45) is 7.05 Å². The van der Waals surface area contributed by atoms with Gasteiger partial charge < -0.3 is 10.4 Å². The number of aryl methyl sites for hydroxylation is 2. The molecule has 0 bridgehead atoms. The lowest BCUT2D eigenvalue weighted by molar-refractivity contribution is 0.311. The predicted molar refractivity (Wildman–Crippen MR) is 104 cm³/mol. The largest absolute Gasteiger partial charge is 0.395 e. The number of benzene rings is 1. The molecule has 138 valence electrons. The Morgan fingerprint density at radius 2 is 1.89 bits per heavy atom. The Morgan fingerprint density at radius 1 is 1.11 bits per heavy atom. The van der Waals surface area contributed by atoms with Crippen LogP contribution in [-0.2, 0) is 7.05 Å². The highest BCUT2D eigenvalue weighted by molar-refractivity contribution is 5.86. The summed E-state index contributed by atoms with van der Waals surface area (Å²) in [6.45, 7) is 4.34. The van der Waals surface area contributed by atoms with Crippen LogP contribution < -0.4 is 5.32 Å². The van der Waals surface area contributed by atoms with Gasteiger partial charge in [0.25, 0.3) is 0 Å². The predicted octanol–water partition coefficient (Wildman–Crippen LogP) is 2.24. The average Bonchev–Trinajstić information content (AvgIpc) is 3.21. The first kappa shape index (κ1) is 17.2. The number of hydrogen-bond donors (Lipinski definition) is 2. The van der Waals surface area contributed by atoms with E-state index in [9.17, 15) is 5.11 Å². The second kappa shape index (κ2) is 6.81. The van der Waals surface area contributed by atoms with Gasteiger partial charge >= 0.3 is 0 Å². The molecule has 0 aliphatic rings. The van der Waals surface area contributed by atoms with E-state index < -0.39 is 0 Å². The molecule has 0 saturated carbocycles. The third-order valence-electron chi connectivity index (χ3n) is 4.57. The maximum Gasteiger partial charge on any atom is 0.170 e. The van der Waals surface area contributed by atoms with Crippen LogP contribution in [0.15, 0.2) is 36.7 Å². The normalized spacial score (nSPS) is 11.3. The summed E-state index contributed by atoms with van der Waals surface area (Å²) in [7, 11) is 1.91. The molecule has 3 aromatic heterocycles. The van der Waals surface area contributed by atoms with Crippen molar-refractivity contribution in [3.8, 4) is 17.1 Å². The van der Waals surface area contributed by atoms with Gasteiger partial charge in [-0.25, -0.2) is 15.0 Å². The number of rotatable bonds is 5. The molecule has 0 amide bonds. The van der Waals surface area contributed by atoms with Crippen LogP contribution in [0.1, 0.15) is 11.4 Å². The topological polar surface area (TPSA) is 93.7 Å². The van der Waals surface area contributed by atoms with Crippen molar-refractivity contribution in [3.63, 3.8) is 0 Å². The highest BCUT2D eigenvalue weighted by Gasteiger charge is 2.19. The van der Waals surface area contributed by atoms with Gasteiger partial charge in [-0.3, -0.25) is 9.25 Å². The van der Waals surface area contributed by atoms with E-state index in [1.54, 1.807) is 6.33 Å². The zero-order valence-electron chi connectivity index (χ0n) is 15.5. The van der Waals surface area contributed by atoms with Crippen LogP contribution in [0.2, 0.25) is 0 Å². The van der Waals surface area contributed by atoms with E-state index in [4.69, 9.17) is 4.98 Å². The maximum absolute atomic E-state index is 9.22. The number of imidazole rings is 1. The van der Waals surface area contributed by atoms with Crippen molar-refractivity contribution in [2.75, 3.05) is 18.5 Å². The van der Waals surface area contributed by atoms with Crippen LogP contribution in [0.5, 0.6) is 0 Å². The van der Waals surface area contributed by atoms with Gasteiger partial charge in [-0.15, -0.1) is 0 Å². The molecular formula is C19H21N7O. The summed E-state index contributed by atoms with van der Waals surface area (Å²) in [5.41, 5.74) is 5.10. The number of anilines is 1. The molecule has 8 heteroatoms. The van der Waals surface area contributed by atoms with Crippen LogP contribution in [0.3, 0.4) is 0 Å². The molecule has 0 spiro atoms. The number of nitrogens with zero attached hydrogens (tertiary/aromatic N) is 6. The molecule has 4 rings (SSSR count). The van der Waals surface area contributed by atoms with E-state index in [1.165, 1.54) is 0 Å². The second-order valence-electron chi connectivity index (χ2n) is 6.34. The summed E-state index contributed by atoms with van der Waals surface area (Å²) in [6, 6.07) is 9.93. The number of aromatic nitrogens is 6. The fraction of sp³-hybridized carbons (Fsp3) is 0.263. The fourth-order valence-electron chi connectivity index (χ4n) is 3.18. The van der Waals surface area contributed by atoms with Crippen molar-refractivity contribution < 1.29 is 5.11 Å². The van der Waals surface area contributed by atoms with Crippen molar-refractivity contribution in [3.05, 3.63) is 48.0 Å². The smallest absolute Gasteiger partial charge is 0.170 e. The van der Waals surface area contributed by atoms with Gasteiger partial charge in [-0.05, 0) is 26.0 Å². The molecule has 0 atom stereocenters. The second-order valence-corrected chi connectivity index (χ2v) is 6.34. The van der Waals surface area contributed by atoms with Gasteiger partial charge in [0.05, 0.1) is 17.9 Å². The molecule has 27 heavy (non-hydrogen) atoms. The van der Waals surface area contributed by atoms with Crippen LogP contribution in [-0.4, -0.2) is 47.6 Å². The minimum atomic E-state index is 0.00513. The van der Waals surface area contributed by atoms with Gasteiger partial charge in [-0.2, -0.15) is 5.10 Å². The monoisotopic (exact) mass is 363 g/mol. The number of fused-ring (bicyclic) bond motifs is 1. The summed E-state index contributed by atoms with van der Waals surface area (Å²) in [5, 5.41) is 16.9. The van der Waals surface area contributed by atoms with Crippen LogP contribution in [0, 0.1) is 13.8 Å². The van der Waals surface area contributed by atoms with E-state index in [0.717, 1.165) is 22.6 Å². The minimum Gasteiger partial charge on any atom is -0.395 e. The van der Waals surface area contributed by atoms with Crippen molar-refractivity contribution in [1.82, 2.24) is 29.3 Å². The van der Waals surface area contributed by atoms with Gasteiger partial charge in [-0.1, -0.05) is 18.2 Å². The Hall–Kier alpha value is -3.26. The number of nitrogens with one attached hydrogen (secondary N) is 1. The zero-order valence-corrected chi connectivity index (χ0v) is 15.5. The van der Waals surface area contributed by atoms with E-state index >= 15 is 0 Å². The lowest BCUT2D eigenvalue weighted by atomic mass is 10.2. The van der Waals surface area contributed by atoms with Gasteiger partial charge in [0.2, 0.25) is 0 Å². The zero-order chi connectivity index (χ0) is 19.0. The Balaban J connectivity index is 1.97. The number of para-hydroxylation sites is 1. The van der Waals surface area contributed by atoms with Crippen molar-refractivity contribution >= 4 is 17.0 Å². The Bertz CT molecular complexity index is 1100. The highest BCUT2D eigenvalue weighted by atomic mass is 16.3. The van der Waals surface area contributed by atoms with Crippen LogP contribution in [0.25, 0.3) is 28.2 Å². The number of hydrogen-bond acceptors (Lipinski definition) is 6. The standard InChI is InChI=1S/C19H21N7O/c1-12-15(13(2)25(3)24-12)17-22-18(20-9-10-27)16-19(23-17)26(11-21-16)14-7-5-4-6-8-14/h4-8,11,27H,9-10H2,1-3H3,(H,20,22,23). The van der Waals surface area contributed by atoms with Crippen molar-refractivity contribution in [2.45, 2.75) is 13.8 Å².